The smallest absolute Gasteiger partial charge is 0.416 e. The Morgan fingerprint density at radius 3 is 2.45 bits per heavy atom. The third-order valence-electron chi connectivity index (χ3n) is 8.70. The molecule has 6 rings (SSSR count). The summed E-state index contributed by atoms with van der Waals surface area (Å²) in [4.78, 5) is 28.0. The highest BCUT2D eigenvalue weighted by atomic mass is 32.2. The number of carbonyl (C=O) groups is 1. The first-order chi connectivity index (χ1) is 26.1. The lowest BCUT2D eigenvalue weighted by molar-refractivity contribution is -0.697. The molecule has 13 nitrogen and oxygen atoms in total. The zero-order valence-corrected chi connectivity index (χ0v) is 30.3. The minimum atomic E-state index is -4.63. The summed E-state index contributed by atoms with van der Waals surface area (Å²) in [6, 6.07) is 22.5. The van der Waals surface area contributed by atoms with Crippen LogP contribution in [0, 0.1) is 11.3 Å². The number of nitriles is 1. The van der Waals surface area contributed by atoms with E-state index in [-0.39, 0.29) is 29.5 Å². The van der Waals surface area contributed by atoms with Crippen LogP contribution in [-0.4, -0.2) is 45.9 Å². The van der Waals surface area contributed by atoms with Crippen LogP contribution in [0.25, 0.3) is 0 Å². The fourth-order valence-electron chi connectivity index (χ4n) is 6.28. The first-order valence-electron chi connectivity index (χ1n) is 16.7. The van der Waals surface area contributed by atoms with Gasteiger partial charge in [0, 0.05) is 29.4 Å². The Balaban J connectivity index is 0.000000454. The number of H-pyrrole nitrogens is 1. The molecule has 3 heterocycles. The summed E-state index contributed by atoms with van der Waals surface area (Å²) in [5.41, 5.74) is 1.56. The van der Waals surface area contributed by atoms with E-state index in [2.05, 4.69) is 16.3 Å². The Labute approximate surface area is 313 Å². The number of hydrogen-bond donors (Lipinski definition) is 2. The van der Waals surface area contributed by atoms with Crippen molar-refractivity contribution < 1.29 is 45.3 Å². The molecule has 1 aliphatic rings. The minimum absolute atomic E-state index is 0.0174. The second kappa shape index (κ2) is 16.9. The van der Waals surface area contributed by atoms with Crippen molar-refractivity contribution in [3.05, 3.63) is 152 Å². The second-order valence-electron chi connectivity index (χ2n) is 12.4. The van der Waals surface area contributed by atoms with Crippen LogP contribution in [0.15, 0.2) is 113 Å². The number of esters is 1. The van der Waals surface area contributed by atoms with Crippen molar-refractivity contribution in [1.82, 2.24) is 14.8 Å². The van der Waals surface area contributed by atoms with Gasteiger partial charge < -0.3 is 14.4 Å². The molecule has 5 aromatic rings. The Kier molecular flexibility index (Phi) is 12.3. The van der Waals surface area contributed by atoms with E-state index >= 15 is 0 Å². The number of allylic oxidation sites excluding steroid dienone is 1. The maximum Gasteiger partial charge on any atom is 0.416 e. The molecule has 0 aliphatic carbocycles. The highest BCUT2D eigenvalue weighted by Gasteiger charge is 2.41. The van der Waals surface area contributed by atoms with Crippen LogP contribution in [0.2, 0.25) is 0 Å². The molecule has 2 N–H and O–H groups in total. The number of hydrogen-bond acceptors (Lipinski definition) is 10. The van der Waals surface area contributed by atoms with Gasteiger partial charge in [0.25, 0.3) is 0 Å². The Bertz CT molecular complexity index is 2420. The maximum atomic E-state index is 13.6. The minimum Gasteiger partial charge on any atom is -0.748 e. The van der Waals surface area contributed by atoms with Gasteiger partial charge in [-0.2, -0.15) is 18.4 Å². The molecule has 0 spiro atoms. The Morgan fingerprint density at radius 2 is 1.80 bits per heavy atom. The molecule has 0 saturated carbocycles. The number of nitrogens with one attached hydrogen (secondary N) is 1. The topological polar surface area (TPSA) is 185 Å². The molecule has 1 aliphatic heterocycles. The van der Waals surface area contributed by atoms with E-state index in [0.29, 0.717) is 41.6 Å². The summed E-state index contributed by atoms with van der Waals surface area (Å²) in [5, 5.41) is 25.6. The number of anilines is 2. The zero-order valence-electron chi connectivity index (χ0n) is 29.5. The number of aromatic amines is 1. The van der Waals surface area contributed by atoms with E-state index in [1.54, 1.807) is 61.5 Å². The first-order valence-corrected chi connectivity index (χ1v) is 18.3. The van der Waals surface area contributed by atoms with Crippen LogP contribution >= 0.6 is 0 Å². The van der Waals surface area contributed by atoms with Crippen molar-refractivity contribution in [3.63, 3.8) is 0 Å². The van der Waals surface area contributed by atoms with Crippen molar-refractivity contribution in [2.45, 2.75) is 50.9 Å². The molecule has 0 saturated heterocycles. The van der Waals surface area contributed by atoms with E-state index in [1.807, 2.05) is 23.0 Å². The molecule has 286 valence electrons. The number of methoxy groups -OCH3 is 1. The molecule has 0 amide bonds. The van der Waals surface area contributed by atoms with Crippen molar-refractivity contribution in [3.8, 4) is 6.07 Å². The molecule has 2 aromatic heterocycles. The number of aliphatic hydroxyl groups is 1. The number of aliphatic hydroxyl groups excluding tert-OH is 1. The van der Waals surface area contributed by atoms with E-state index < -0.39 is 45.3 Å². The molecule has 0 fully saturated rings. The van der Waals surface area contributed by atoms with Crippen LogP contribution in [0.4, 0.5) is 24.8 Å². The predicted molar refractivity (Wildman–Crippen MR) is 191 cm³/mol. The van der Waals surface area contributed by atoms with E-state index in [1.165, 1.54) is 28.7 Å². The van der Waals surface area contributed by atoms with Crippen molar-refractivity contribution >= 4 is 27.7 Å². The predicted octanol–water partition coefficient (Wildman–Crippen LogP) is 4.79. The van der Waals surface area contributed by atoms with Gasteiger partial charge in [-0.05, 0) is 66.4 Å². The number of nitrogens with zero attached hydrogens (tertiary/aromatic N) is 5. The third kappa shape index (κ3) is 9.54. The van der Waals surface area contributed by atoms with Gasteiger partial charge in [-0.1, -0.05) is 42.5 Å². The summed E-state index contributed by atoms with van der Waals surface area (Å²) in [6.45, 7) is 2.03. The summed E-state index contributed by atoms with van der Waals surface area (Å²) in [6.07, 6.45) is 0.124. The van der Waals surface area contributed by atoms with Gasteiger partial charge in [-0.25, -0.2) is 32.2 Å². The van der Waals surface area contributed by atoms with Crippen LogP contribution in [0.1, 0.15) is 52.8 Å². The van der Waals surface area contributed by atoms with Crippen molar-refractivity contribution in [2.75, 3.05) is 12.0 Å². The SMILES string of the molecule is COC(=O)C1=C(C)N(c2cccc(C(F)(F)F)c2)c2n[nH]c(=O)n2[C@@H]1c1ccc(C#N)cc1CCC[n+]1cccc(CO)c1.O=S(=O)([O-])Cc1ccccc1. The van der Waals surface area contributed by atoms with Crippen LogP contribution in [0.5, 0.6) is 0 Å². The number of fused-ring (bicyclic) bond motifs is 1. The number of rotatable bonds is 10. The van der Waals surface area contributed by atoms with Gasteiger partial charge >= 0.3 is 17.8 Å². The number of aryl methyl sites for hydroxylation is 2. The molecule has 1 atom stereocenters. The molecule has 17 heteroatoms. The number of benzene rings is 3. The molecule has 55 heavy (non-hydrogen) atoms. The van der Waals surface area contributed by atoms with Gasteiger partial charge in [0.05, 0.1) is 52.4 Å². The number of aromatic nitrogens is 4. The van der Waals surface area contributed by atoms with E-state index in [9.17, 15) is 46.1 Å². The van der Waals surface area contributed by atoms with Gasteiger partial charge in [0.2, 0.25) is 5.95 Å². The number of pyridine rings is 1. The monoisotopic (exact) mass is 776 g/mol. The largest absolute Gasteiger partial charge is 0.748 e. The lowest BCUT2D eigenvalue weighted by atomic mass is 9.88. The molecule has 0 bridgehead atoms. The van der Waals surface area contributed by atoms with Gasteiger partial charge in [-0.3, -0.25) is 4.90 Å². The van der Waals surface area contributed by atoms with E-state index in [0.717, 1.165) is 17.7 Å². The summed E-state index contributed by atoms with van der Waals surface area (Å²) >= 11 is 0. The molecular formula is C38H35F3N6O7S. The highest BCUT2D eigenvalue weighted by molar-refractivity contribution is 7.84. The molecule has 0 radical (unpaired) electrons. The van der Waals surface area contributed by atoms with Crippen molar-refractivity contribution in [1.29, 1.82) is 5.26 Å². The standard InChI is InChI=1S/C31H27F3N6O4.C7H8O3S/c1-19-26(28(42)44-2)27(40-29(36-37-30(40)43)39(19)24-9-3-8-23(15-24)31(32,33)34)25-11-10-20(16-35)14-22(25)7-5-13-38-12-4-6-21(17-38)18-41;8-11(9,10)6-7-4-2-1-3-5-7/h3-4,6,8-12,14-15,17,27,41H,5,7,13,18H2,1-2H3;1-5H,6H2,(H,8,9,10)/t27-;/m1./s1. The zero-order chi connectivity index (χ0) is 39.9. The van der Waals surface area contributed by atoms with E-state index in [4.69, 9.17) is 4.74 Å². The van der Waals surface area contributed by atoms with Crippen LogP contribution in [-0.2, 0) is 51.2 Å². The normalized spacial score (nSPS) is 14.1. The number of ether oxygens (including phenoxy) is 1. The average molecular weight is 777 g/mol. The first kappa shape index (κ1) is 40.1. The fourth-order valence-corrected chi connectivity index (χ4v) is 6.88. The van der Waals surface area contributed by atoms with Crippen LogP contribution in [0.3, 0.4) is 0 Å². The maximum absolute atomic E-state index is 13.6. The lowest BCUT2D eigenvalue weighted by Gasteiger charge is -2.36. The third-order valence-corrected chi connectivity index (χ3v) is 9.38. The Hall–Kier alpha value is -6.09. The number of alkyl halides is 3. The molecule has 3 aromatic carbocycles. The van der Waals surface area contributed by atoms with Crippen molar-refractivity contribution in [2.24, 2.45) is 0 Å². The number of carbonyl (C=O) groups excluding carboxylic acids is 1. The Morgan fingerprint density at radius 1 is 1.07 bits per heavy atom. The molecule has 0 unspecified atom stereocenters. The lowest BCUT2D eigenvalue weighted by Crippen LogP contribution is -2.38. The van der Waals surface area contributed by atoms with Gasteiger partial charge in [0.1, 0.15) is 12.6 Å². The summed E-state index contributed by atoms with van der Waals surface area (Å²) in [7, 11) is -2.95. The van der Waals surface area contributed by atoms with Gasteiger partial charge in [-0.15, -0.1) is 5.10 Å². The fraction of sp³-hybridized carbons (Fsp3) is 0.237. The summed E-state index contributed by atoms with van der Waals surface area (Å²) in [5.74, 6) is -1.22. The number of halogens is 3. The van der Waals surface area contributed by atoms with Crippen LogP contribution < -0.4 is 15.2 Å². The molecular weight excluding hydrogens is 742 g/mol. The quantitative estimate of drug-likeness (QED) is 0.114. The highest BCUT2D eigenvalue weighted by Crippen LogP contribution is 2.43. The van der Waals surface area contributed by atoms with Gasteiger partial charge in [0.15, 0.2) is 12.4 Å². The average Bonchev–Trinajstić information content (AvgIpc) is 3.54. The summed E-state index contributed by atoms with van der Waals surface area (Å²) < 4.78 is 79.8. The second-order valence-corrected chi connectivity index (χ2v) is 13.8.